The number of anilines is 1. The van der Waals surface area contributed by atoms with Gasteiger partial charge >= 0.3 is 0 Å². The number of halogens is 1. The summed E-state index contributed by atoms with van der Waals surface area (Å²) in [6, 6.07) is 10.8. The van der Waals surface area contributed by atoms with E-state index >= 15 is 0 Å². The molecule has 0 aliphatic rings. The Hall–Kier alpha value is -2.51. The predicted octanol–water partition coefficient (Wildman–Crippen LogP) is 2.91. The summed E-state index contributed by atoms with van der Waals surface area (Å²) >= 11 is 5.86. The third kappa shape index (κ3) is 3.82. The second-order valence-corrected chi connectivity index (χ2v) is 5.09. The topological polar surface area (TPSA) is 86.0 Å². The minimum Gasteiger partial charge on any atom is -0.383 e. The van der Waals surface area contributed by atoms with Gasteiger partial charge in [-0.3, -0.25) is 0 Å². The van der Waals surface area contributed by atoms with E-state index in [1.165, 1.54) is 0 Å². The Bertz CT molecular complexity index is 758. The van der Waals surface area contributed by atoms with Crippen LogP contribution in [-0.4, -0.2) is 40.6 Å². The van der Waals surface area contributed by atoms with Crippen LogP contribution in [0.15, 0.2) is 40.9 Å². The lowest BCUT2D eigenvalue weighted by molar-refractivity contribution is 0.210. The highest BCUT2D eigenvalue weighted by Gasteiger charge is 2.12. The first-order valence-corrected chi connectivity index (χ1v) is 7.30. The Kier molecular flexibility index (Phi) is 4.80. The summed E-state index contributed by atoms with van der Waals surface area (Å²) in [7, 11) is 1.64. The molecule has 118 valence electrons. The minimum absolute atomic E-state index is 0.311. The lowest BCUT2D eigenvalue weighted by Gasteiger charge is -2.03. The zero-order valence-corrected chi connectivity index (χ0v) is 13.1. The third-order valence-corrected chi connectivity index (χ3v) is 3.28. The van der Waals surface area contributed by atoms with Crippen molar-refractivity contribution in [2.24, 2.45) is 0 Å². The maximum atomic E-state index is 5.86. The molecule has 0 fully saturated rings. The molecule has 3 aromatic rings. The number of nitrogens with one attached hydrogen (secondary N) is 1. The molecule has 3 rings (SSSR count). The molecule has 0 saturated heterocycles. The van der Waals surface area contributed by atoms with E-state index in [0.29, 0.717) is 41.4 Å². The lowest BCUT2D eigenvalue weighted by Crippen LogP contribution is -2.09. The molecule has 0 saturated carbocycles. The fourth-order valence-corrected chi connectivity index (χ4v) is 1.99. The van der Waals surface area contributed by atoms with E-state index in [9.17, 15) is 0 Å². The van der Waals surface area contributed by atoms with Crippen LogP contribution in [0.25, 0.3) is 23.0 Å². The highest BCUT2D eigenvalue weighted by molar-refractivity contribution is 6.30. The Morgan fingerprint density at radius 2 is 1.96 bits per heavy atom. The molecule has 23 heavy (non-hydrogen) atoms. The number of rotatable bonds is 6. The highest BCUT2D eigenvalue weighted by atomic mass is 35.5. The van der Waals surface area contributed by atoms with Crippen molar-refractivity contribution >= 4 is 17.4 Å². The van der Waals surface area contributed by atoms with E-state index < -0.39 is 0 Å². The minimum atomic E-state index is 0.311. The number of aromatic nitrogens is 4. The van der Waals surface area contributed by atoms with E-state index in [1.54, 1.807) is 31.4 Å². The van der Waals surface area contributed by atoms with Crippen LogP contribution in [0, 0.1) is 0 Å². The zero-order valence-electron chi connectivity index (χ0n) is 12.4. The van der Waals surface area contributed by atoms with Gasteiger partial charge in [-0.15, -0.1) is 10.2 Å². The van der Waals surface area contributed by atoms with Gasteiger partial charge in [0.15, 0.2) is 5.69 Å². The molecule has 0 bridgehead atoms. The van der Waals surface area contributed by atoms with Crippen molar-refractivity contribution in [1.82, 2.24) is 20.3 Å². The molecular formula is C15H14ClN5O2. The van der Waals surface area contributed by atoms with Crippen LogP contribution in [0.1, 0.15) is 0 Å². The van der Waals surface area contributed by atoms with Crippen LogP contribution in [0.4, 0.5) is 5.82 Å². The Morgan fingerprint density at radius 1 is 1.13 bits per heavy atom. The average molecular weight is 332 g/mol. The Morgan fingerprint density at radius 3 is 2.65 bits per heavy atom. The molecule has 1 N–H and O–H groups in total. The van der Waals surface area contributed by atoms with Crippen molar-refractivity contribution in [2.75, 3.05) is 25.6 Å². The SMILES string of the molecule is COCCNc1ccc(-c2nc(-c3ccc(Cl)cc3)no2)nn1. The van der Waals surface area contributed by atoms with Crippen LogP contribution in [0.3, 0.4) is 0 Å². The van der Waals surface area contributed by atoms with Gasteiger partial charge in [0.05, 0.1) is 6.61 Å². The van der Waals surface area contributed by atoms with Crippen LogP contribution < -0.4 is 5.32 Å². The second kappa shape index (κ2) is 7.17. The molecule has 1 aromatic carbocycles. The van der Waals surface area contributed by atoms with E-state index in [2.05, 4.69) is 25.7 Å². The molecule has 0 amide bonds. The quantitative estimate of drug-likeness (QED) is 0.695. The summed E-state index contributed by atoms with van der Waals surface area (Å²) in [5, 5.41) is 15.8. The average Bonchev–Trinajstić information content (AvgIpc) is 3.06. The number of methoxy groups -OCH3 is 1. The number of nitrogens with zero attached hydrogens (tertiary/aromatic N) is 4. The molecule has 0 aliphatic heterocycles. The van der Waals surface area contributed by atoms with Crippen molar-refractivity contribution in [3.8, 4) is 23.0 Å². The van der Waals surface area contributed by atoms with Crippen molar-refractivity contribution in [3.63, 3.8) is 0 Å². The first kappa shape index (κ1) is 15.4. The van der Waals surface area contributed by atoms with E-state index in [-0.39, 0.29) is 0 Å². The zero-order chi connectivity index (χ0) is 16.1. The van der Waals surface area contributed by atoms with Gasteiger partial charge in [-0.25, -0.2) is 0 Å². The number of benzene rings is 1. The van der Waals surface area contributed by atoms with Gasteiger partial charge in [0.1, 0.15) is 5.82 Å². The molecule has 7 nitrogen and oxygen atoms in total. The second-order valence-electron chi connectivity index (χ2n) is 4.65. The van der Waals surface area contributed by atoms with Crippen LogP contribution in [0.5, 0.6) is 0 Å². The summed E-state index contributed by atoms with van der Waals surface area (Å²) in [6.45, 7) is 1.25. The summed E-state index contributed by atoms with van der Waals surface area (Å²) < 4.78 is 10.2. The molecule has 0 atom stereocenters. The summed E-state index contributed by atoms with van der Waals surface area (Å²) in [6.07, 6.45) is 0. The van der Waals surface area contributed by atoms with Gasteiger partial charge in [-0.1, -0.05) is 16.8 Å². The molecule has 0 aliphatic carbocycles. The van der Waals surface area contributed by atoms with E-state index in [0.717, 1.165) is 5.56 Å². The normalized spacial score (nSPS) is 10.7. The summed E-state index contributed by atoms with van der Waals surface area (Å²) in [4.78, 5) is 4.32. The Balaban J connectivity index is 1.73. The fraction of sp³-hybridized carbons (Fsp3) is 0.200. The van der Waals surface area contributed by atoms with Crippen molar-refractivity contribution in [1.29, 1.82) is 0 Å². The molecule has 2 aromatic heterocycles. The lowest BCUT2D eigenvalue weighted by atomic mass is 10.2. The standard InChI is InChI=1S/C15H14ClN5O2/c1-22-9-8-17-13-7-6-12(19-20-13)15-18-14(21-23-15)10-2-4-11(16)5-3-10/h2-7H,8-9H2,1H3,(H,17,20). The van der Waals surface area contributed by atoms with Gasteiger partial charge in [0, 0.05) is 24.2 Å². The molecule has 8 heteroatoms. The molecule has 0 unspecified atom stereocenters. The van der Waals surface area contributed by atoms with Gasteiger partial charge in [-0.2, -0.15) is 4.98 Å². The summed E-state index contributed by atoms with van der Waals surface area (Å²) in [5.74, 6) is 1.44. The van der Waals surface area contributed by atoms with E-state index in [4.69, 9.17) is 20.9 Å². The van der Waals surface area contributed by atoms with Gasteiger partial charge in [0.25, 0.3) is 5.89 Å². The monoisotopic (exact) mass is 331 g/mol. The number of ether oxygens (including phenoxy) is 1. The highest BCUT2D eigenvalue weighted by Crippen LogP contribution is 2.22. The van der Waals surface area contributed by atoms with Gasteiger partial charge < -0.3 is 14.6 Å². The molecule has 0 radical (unpaired) electrons. The first-order valence-electron chi connectivity index (χ1n) is 6.93. The predicted molar refractivity (Wildman–Crippen MR) is 86.1 cm³/mol. The molecule has 0 spiro atoms. The van der Waals surface area contributed by atoms with E-state index in [1.807, 2.05) is 12.1 Å². The molecular weight excluding hydrogens is 318 g/mol. The third-order valence-electron chi connectivity index (χ3n) is 3.02. The smallest absolute Gasteiger partial charge is 0.278 e. The number of hydrogen-bond donors (Lipinski definition) is 1. The van der Waals surface area contributed by atoms with Crippen molar-refractivity contribution < 1.29 is 9.26 Å². The Labute approximate surface area is 137 Å². The summed E-state index contributed by atoms with van der Waals surface area (Å²) in [5.41, 5.74) is 1.32. The van der Waals surface area contributed by atoms with Gasteiger partial charge in [0.2, 0.25) is 5.82 Å². The van der Waals surface area contributed by atoms with Crippen LogP contribution >= 0.6 is 11.6 Å². The van der Waals surface area contributed by atoms with Crippen molar-refractivity contribution in [3.05, 3.63) is 41.4 Å². The van der Waals surface area contributed by atoms with Crippen LogP contribution in [-0.2, 0) is 4.74 Å². The molecule has 2 heterocycles. The van der Waals surface area contributed by atoms with Gasteiger partial charge in [-0.05, 0) is 36.4 Å². The van der Waals surface area contributed by atoms with Crippen molar-refractivity contribution in [2.45, 2.75) is 0 Å². The van der Waals surface area contributed by atoms with Crippen LogP contribution in [0.2, 0.25) is 5.02 Å². The first-order chi connectivity index (χ1) is 11.3. The maximum Gasteiger partial charge on any atom is 0.278 e. The fourth-order valence-electron chi connectivity index (χ4n) is 1.87. The largest absolute Gasteiger partial charge is 0.383 e. The maximum absolute atomic E-state index is 5.86. The number of hydrogen-bond acceptors (Lipinski definition) is 7.